The number of hydrogen-bond donors (Lipinski definition) is 0. The Balaban J connectivity index is 2.26. The van der Waals surface area contributed by atoms with Crippen molar-refractivity contribution in [2.24, 2.45) is 0 Å². The first-order valence-electron chi connectivity index (χ1n) is 7.08. The molecule has 0 atom stereocenters. The molecule has 0 saturated heterocycles. The van der Waals surface area contributed by atoms with Crippen LogP contribution in [0.1, 0.15) is 37.3 Å². The third-order valence-electron chi connectivity index (χ3n) is 3.73. The molecule has 106 valence electrons. The van der Waals surface area contributed by atoms with Crippen molar-refractivity contribution in [2.45, 2.75) is 39.7 Å². The summed E-state index contributed by atoms with van der Waals surface area (Å²) in [6.45, 7) is 7.65. The van der Waals surface area contributed by atoms with Gasteiger partial charge in [-0.1, -0.05) is 26.0 Å². The summed E-state index contributed by atoms with van der Waals surface area (Å²) < 4.78 is 21.9. The number of aryl methyl sites for hydroxylation is 2. The predicted molar refractivity (Wildman–Crippen MR) is 76.6 cm³/mol. The Morgan fingerprint density at radius 1 is 1.35 bits per heavy atom. The molecule has 0 bridgehead atoms. The Labute approximate surface area is 118 Å². The van der Waals surface area contributed by atoms with Gasteiger partial charge in [0.1, 0.15) is 11.5 Å². The maximum Gasteiger partial charge on any atom is 0.215 e. The molecule has 0 N–H and O–H groups in total. The van der Waals surface area contributed by atoms with Crippen LogP contribution >= 0.6 is 0 Å². The Kier molecular flexibility index (Phi) is 3.24. The lowest BCUT2D eigenvalue weighted by atomic mass is 9.96. The molecular formula is C16H19FN2O. The summed E-state index contributed by atoms with van der Waals surface area (Å²) in [7, 11) is 0. The molecule has 0 amide bonds. The maximum atomic E-state index is 14.3. The second kappa shape index (κ2) is 4.93. The Hall–Kier alpha value is -1.84. The fraction of sp³-hybridized carbons (Fsp3) is 0.438. The van der Waals surface area contributed by atoms with Crippen LogP contribution in [0.4, 0.5) is 4.39 Å². The largest absolute Gasteiger partial charge is 0.478 e. The van der Waals surface area contributed by atoms with Gasteiger partial charge in [-0.25, -0.2) is 9.07 Å². The van der Waals surface area contributed by atoms with Crippen molar-refractivity contribution < 1.29 is 9.13 Å². The third kappa shape index (κ3) is 1.99. The van der Waals surface area contributed by atoms with Gasteiger partial charge in [0.25, 0.3) is 0 Å². The normalized spacial score (nSPS) is 14.2. The minimum atomic E-state index is -0.220. The average molecular weight is 274 g/mol. The Morgan fingerprint density at radius 3 is 2.85 bits per heavy atom. The topological polar surface area (TPSA) is 27.1 Å². The molecule has 3 nitrogen and oxygen atoms in total. The van der Waals surface area contributed by atoms with Gasteiger partial charge in [-0.05, 0) is 24.5 Å². The van der Waals surface area contributed by atoms with E-state index in [4.69, 9.17) is 4.74 Å². The minimum Gasteiger partial charge on any atom is -0.478 e. The van der Waals surface area contributed by atoms with Crippen molar-refractivity contribution in [2.75, 3.05) is 6.61 Å². The number of hydrogen-bond acceptors (Lipinski definition) is 2. The van der Waals surface area contributed by atoms with Gasteiger partial charge in [0.2, 0.25) is 5.88 Å². The molecule has 1 aliphatic heterocycles. The van der Waals surface area contributed by atoms with Crippen LogP contribution in [0.15, 0.2) is 18.2 Å². The molecule has 1 aliphatic rings. The third-order valence-corrected chi connectivity index (χ3v) is 3.73. The van der Waals surface area contributed by atoms with E-state index >= 15 is 0 Å². The van der Waals surface area contributed by atoms with Crippen molar-refractivity contribution in [3.63, 3.8) is 0 Å². The molecule has 0 saturated carbocycles. The van der Waals surface area contributed by atoms with Gasteiger partial charge in [-0.15, -0.1) is 0 Å². The molecule has 0 aliphatic carbocycles. The first-order chi connectivity index (χ1) is 9.59. The van der Waals surface area contributed by atoms with E-state index in [2.05, 4.69) is 18.9 Å². The summed E-state index contributed by atoms with van der Waals surface area (Å²) >= 11 is 0. The van der Waals surface area contributed by atoms with E-state index in [0.29, 0.717) is 12.2 Å². The summed E-state index contributed by atoms with van der Waals surface area (Å²) in [5, 5.41) is 4.62. The molecule has 0 radical (unpaired) electrons. The van der Waals surface area contributed by atoms with E-state index in [0.717, 1.165) is 35.7 Å². The standard InChI is InChI=1S/C16H19FN2O/c1-10(2)13-15(14-11(3)6-4-7-12(14)17)18-19-8-5-9-20-16(13)19/h4,6-7,10H,5,8-9H2,1-3H3. The highest BCUT2D eigenvalue weighted by Crippen LogP contribution is 2.39. The van der Waals surface area contributed by atoms with Crippen LogP contribution in [0.3, 0.4) is 0 Å². The summed E-state index contributed by atoms with van der Waals surface area (Å²) in [4.78, 5) is 0. The van der Waals surface area contributed by atoms with E-state index in [1.165, 1.54) is 6.07 Å². The summed E-state index contributed by atoms with van der Waals surface area (Å²) in [5.41, 5.74) is 3.24. The molecule has 2 aromatic rings. The maximum absolute atomic E-state index is 14.3. The smallest absolute Gasteiger partial charge is 0.215 e. The van der Waals surface area contributed by atoms with Gasteiger partial charge in [0.15, 0.2) is 0 Å². The van der Waals surface area contributed by atoms with Gasteiger partial charge in [0, 0.05) is 24.1 Å². The van der Waals surface area contributed by atoms with Crippen LogP contribution in [0, 0.1) is 12.7 Å². The Morgan fingerprint density at radius 2 is 2.15 bits per heavy atom. The number of fused-ring (bicyclic) bond motifs is 1. The highest BCUT2D eigenvalue weighted by molar-refractivity contribution is 5.70. The quantitative estimate of drug-likeness (QED) is 0.830. The van der Waals surface area contributed by atoms with Crippen LogP contribution < -0.4 is 4.74 Å². The van der Waals surface area contributed by atoms with Crippen molar-refractivity contribution in [1.29, 1.82) is 0 Å². The number of ether oxygens (including phenoxy) is 1. The minimum absolute atomic E-state index is 0.220. The van der Waals surface area contributed by atoms with Crippen molar-refractivity contribution >= 4 is 0 Å². The molecule has 0 spiro atoms. The van der Waals surface area contributed by atoms with E-state index in [9.17, 15) is 4.39 Å². The lowest BCUT2D eigenvalue weighted by Crippen LogP contribution is -2.15. The van der Waals surface area contributed by atoms with Crippen LogP contribution in [0.2, 0.25) is 0 Å². The molecular weight excluding hydrogens is 255 g/mol. The number of rotatable bonds is 2. The molecule has 0 fully saturated rings. The van der Waals surface area contributed by atoms with E-state index in [1.54, 1.807) is 6.07 Å². The van der Waals surface area contributed by atoms with Crippen LogP contribution in [-0.4, -0.2) is 16.4 Å². The zero-order chi connectivity index (χ0) is 14.3. The number of benzene rings is 1. The number of aromatic nitrogens is 2. The lowest BCUT2D eigenvalue weighted by Gasteiger charge is -2.17. The van der Waals surface area contributed by atoms with Crippen molar-refractivity contribution in [1.82, 2.24) is 9.78 Å². The first-order valence-corrected chi connectivity index (χ1v) is 7.08. The monoisotopic (exact) mass is 274 g/mol. The van der Waals surface area contributed by atoms with E-state index in [1.807, 2.05) is 17.7 Å². The highest BCUT2D eigenvalue weighted by atomic mass is 19.1. The highest BCUT2D eigenvalue weighted by Gasteiger charge is 2.26. The predicted octanol–water partition coefficient (Wildman–Crippen LogP) is 3.90. The zero-order valence-electron chi connectivity index (χ0n) is 12.1. The van der Waals surface area contributed by atoms with Crippen LogP contribution in [0.25, 0.3) is 11.3 Å². The van der Waals surface area contributed by atoms with Crippen LogP contribution in [-0.2, 0) is 6.54 Å². The lowest BCUT2D eigenvalue weighted by molar-refractivity contribution is 0.227. The zero-order valence-corrected chi connectivity index (χ0v) is 12.1. The molecule has 3 rings (SSSR count). The molecule has 0 unspecified atom stereocenters. The van der Waals surface area contributed by atoms with Gasteiger partial charge < -0.3 is 4.74 Å². The molecule has 4 heteroatoms. The van der Waals surface area contributed by atoms with Gasteiger partial charge in [-0.3, -0.25) is 0 Å². The fourth-order valence-electron chi connectivity index (χ4n) is 2.78. The molecule has 1 aromatic heterocycles. The number of halogens is 1. The molecule has 2 heterocycles. The Bertz CT molecular complexity index is 626. The van der Waals surface area contributed by atoms with Gasteiger partial charge >= 0.3 is 0 Å². The second-order valence-corrected chi connectivity index (χ2v) is 5.58. The summed E-state index contributed by atoms with van der Waals surface area (Å²) in [6, 6.07) is 5.14. The first kappa shape index (κ1) is 13.2. The van der Waals surface area contributed by atoms with Crippen molar-refractivity contribution in [3.8, 4) is 17.1 Å². The molecule has 20 heavy (non-hydrogen) atoms. The SMILES string of the molecule is Cc1cccc(F)c1-c1nn2c(c1C(C)C)OCCC2. The fourth-order valence-corrected chi connectivity index (χ4v) is 2.78. The molecule has 1 aromatic carbocycles. The van der Waals surface area contributed by atoms with Gasteiger partial charge in [-0.2, -0.15) is 5.10 Å². The van der Waals surface area contributed by atoms with Crippen LogP contribution in [0.5, 0.6) is 5.88 Å². The van der Waals surface area contributed by atoms with Gasteiger partial charge in [0.05, 0.1) is 6.61 Å². The summed E-state index contributed by atoms with van der Waals surface area (Å²) in [6.07, 6.45) is 0.946. The van der Waals surface area contributed by atoms with Crippen molar-refractivity contribution in [3.05, 3.63) is 35.1 Å². The number of nitrogens with zero attached hydrogens (tertiary/aromatic N) is 2. The van der Waals surface area contributed by atoms with E-state index < -0.39 is 0 Å². The summed E-state index contributed by atoms with van der Waals surface area (Å²) in [5.74, 6) is 0.831. The van der Waals surface area contributed by atoms with E-state index in [-0.39, 0.29) is 11.7 Å². The second-order valence-electron chi connectivity index (χ2n) is 5.58. The average Bonchev–Trinajstić information content (AvgIpc) is 2.77.